The summed E-state index contributed by atoms with van der Waals surface area (Å²) in [5.74, 6) is 3.10. The van der Waals surface area contributed by atoms with Crippen molar-refractivity contribution >= 4 is 0 Å². The van der Waals surface area contributed by atoms with Crippen LogP contribution in [0.2, 0.25) is 0 Å². The highest BCUT2D eigenvalue weighted by atomic mass is 16.6. The fraction of sp³-hybridized carbons (Fsp3) is 0.900. The van der Waals surface area contributed by atoms with Gasteiger partial charge in [-0.1, -0.05) is 72.0 Å². The fourth-order valence-corrected chi connectivity index (χ4v) is 9.05. The molecule has 2 nitrogen and oxygen atoms in total. The molecule has 1 heterocycles. The first-order valence-electron chi connectivity index (χ1n) is 13.8. The first kappa shape index (κ1) is 24.3. The second-order valence-electron chi connectivity index (χ2n) is 13.4. The van der Waals surface area contributed by atoms with Crippen LogP contribution in [0.3, 0.4) is 0 Å². The molecular weight excluding hydrogens is 390 g/mol. The van der Waals surface area contributed by atoms with Crippen molar-refractivity contribution in [3.8, 4) is 6.07 Å². The molecule has 0 aromatic rings. The second kappa shape index (κ2) is 8.45. The molecule has 7 unspecified atom stereocenters. The standard InChI is InChI=1S/C30H49NO/c1-21(2)10-8-11-22(3)23-14-17-29(6)25-12-13-26(30(7)20-32-30)27(4,16-9-19-31)24(25)15-18-28(23,29)5/h21-23,26H,8-18,20H2,1-7H3. The first-order valence-corrected chi connectivity index (χ1v) is 13.8. The highest BCUT2D eigenvalue weighted by Crippen LogP contribution is 2.71. The largest absolute Gasteiger partial charge is 0.370 e. The number of hydrogen-bond donors (Lipinski definition) is 0. The Labute approximate surface area is 198 Å². The van der Waals surface area contributed by atoms with Crippen LogP contribution in [0.4, 0.5) is 0 Å². The van der Waals surface area contributed by atoms with Gasteiger partial charge in [0.1, 0.15) is 0 Å². The van der Waals surface area contributed by atoms with E-state index in [9.17, 15) is 5.26 Å². The Morgan fingerprint density at radius 2 is 1.72 bits per heavy atom. The summed E-state index contributed by atoms with van der Waals surface area (Å²) in [4.78, 5) is 0. The zero-order chi connectivity index (χ0) is 23.4. The van der Waals surface area contributed by atoms with Gasteiger partial charge in [-0.3, -0.25) is 0 Å². The van der Waals surface area contributed by atoms with E-state index in [4.69, 9.17) is 4.74 Å². The Hall–Kier alpha value is -0.810. The Morgan fingerprint density at radius 1 is 1.00 bits per heavy atom. The zero-order valence-electron chi connectivity index (χ0n) is 22.2. The summed E-state index contributed by atoms with van der Waals surface area (Å²) < 4.78 is 6.02. The molecule has 0 N–H and O–H groups in total. The van der Waals surface area contributed by atoms with Gasteiger partial charge >= 0.3 is 0 Å². The third-order valence-electron chi connectivity index (χ3n) is 11.3. The molecule has 2 fully saturated rings. The van der Waals surface area contributed by atoms with Gasteiger partial charge in [-0.2, -0.15) is 5.26 Å². The van der Waals surface area contributed by atoms with Gasteiger partial charge in [-0.25, -0.2) is 0 Å². The minimum Gasteiger partial charge on any atom is -0.370 e. The van der Waals surface area contributed by atoms with E-state index >= 15 is 0 Å². The fourth-order valence-electron chi connectivity index (χ4n) is 9.05. The lowest BCUT2D eigenvalue weighted by molar-refractivity contribution is 0.0142. The van der Waals surface area contributed by atoms with Crippen molar-refractivity contribution in [3.05, 3.63) is 11.1 Å². The van der Waals surface area contributed by atoms with Crippen LogP contribution < -0.4 is 0 Å². The van der Waals surface area contributed by atoms with Gasteiger partial charge in [0.25, 0.3) is 0 Å². The predicted molar refractivity (Wildman–Crippen MR) is 133 cm³/mol. The molecule has 180 valence electrons. The average molecular weight is 440 g/mol. The van der Waals surface area contributed by atoms with Gasteiger partial charge < -0.3 is 4.74 Å². The third kappa shape index (κ3) is 3.70. The minimum absolute atomic E-state index is 0.0491. The summed E-state index contributed by atoms with van der Waals surface area (Å²) in [6.45, 7) is 18.3. The van der Waals surface area contributed by atoms with Crippen LogP contribution in [-0.2, 0) is 4.74 Å². The van der Waals surface area contributed by atoms with Crippen LogP contribution in [0.15, 0.2) is 11.1 Å². The maximum absolute atomic E-state index is 9.46. The summed E-state index contributed by atoms with van der Waals surface area (Å²) in [6.07, 6.45) is 13.7. The quantitative estimate of drug-likeness (QED) is 0.281. The van der Waals surface area contributed by atoms with E-state index in [-0.39, 0.29) is 11.0 Å². The van der Waals surface area contributed by atoms with Crippen molar-refractivity contribution in [2.75, 3.05) is 6.61 Å². The molecule has 32 heavy (non-hydrogen) atoms. The molecule has 2 heteroatoms. The van der Waals surface area contributed by atoms with Gasteiger partial charge in [0.2, 0.25) is 0 Å². The van der Waals surface area contributed by atoms with E-state index in [0.29, 0.717) is 23.2 Å². The second-order valence-corrected chi connectivity index (χ2v) is 13.4. The van der Waals surface area contributed by atoms with Gasteiger partial charge in [0.15, 0.2) is 0 Å². The molecule has 1 aliphatic heterocycles. The van der Waals surface area contributed by atoms with E-state index in [1.807, 2.05) is 5.57 Å². The van der Waals surface area contributed by atoms with E-state index in [1.165, 1.54) is 57.8 Å². The molecule has 4 rings (SSSR count). The maximum atomic E-state index is 9.46. The number of nitrogens with zero attached hydrogens (tertiary/aromatic N) is 1. The molecule has 1 saturated carbocycles. The van der Waals surface area contributed by atoms with Crippen molar-refractivity contribution in [2.24, 2.45) is 39.9 Å². The van der Waals surface area contributed by atoms with Crippen molar-refractivity contribution in [1.82, 2.24) is 0 Å². The predicted octanol–water partition coefficient (Wildman–Crippen LogP) is 8.47. The summed E-state index contributed by atoms with van der Waals surface area (Å²) in [6, 6.07) is 2.48. The van der Waals surface area contributed by atoms with Crippen molar-refractivity contribution in [3.63, 3.8) is 0 Å². The van der Waals surface area contributed by atoms with Gasteiger partial charge in [0.05, 0.1) is 18.3 Å². The van der Waals surface area contributed by atoms with E-state index in [2.05, 4.69) is 54.5 Å². The van der Waals surface area contributed by atoms with Gasteiger partial charge in [0, 0.05) is 6.42 Å². The lowest BCUT2D eigenvalue weighted by Crippen LogP contribution is -2.50. The zero-order valence-corrected chi connectivity index (χ0v) is 22.2. The van der Waals surface area contributed by atoms with Crippen LogP contribution in [0.25, 0.3) is 0 Å². The monoisotopic (exact) mass is 439 g/mol. The molecule has 1 saturated heterocycles. The number of nitriles is 1. The van der Waals surface area contributed by atoms with E-state index < -0.39 is 0 Å². The molecule has 4 aliphatic rings. The summed E-state index contributed by atoms with van der Waals surface area (Å²) in [5.41, 5.74) is 4.55. The van der Waals surface area contributed by atoms with E-state index in [1.54, 1.807) is 5.57 Å². The molecule has 0 aromatic heterocycles. The van der Waals surface area contributed by atoms with Crippen LogP contribution in [0.1, 0.15) is 119 Å². The highest BCUT2D eigenvalue weighted by Gasteiger charge is 2.63. The molecule has 0 aromatic carbocycles. The molecule has 0 bridgehead atoms. The van der Waals surface area contributed by atoms with E-state index in [0.717, 1.165) is 30.8 Å². The van der Waals surface area contributed by atoms with Crippen LogP contribution in [-0.4, -0.2) is 12.2 Å². The maximum Gasteiger partial charge on any atom is 0.0924 e. The molecule has 7 atom stereocenters. The van der Waals surface area contributed by atoms with Crippen LogP contribution in [0.5, 0.6) is 0 Å². The van der Waals surface area contributed by atoms with Gasteiger partial charge in [-0.15, -0.1) is 0 Å². The molecule has 0 spiro atoms. The van der Waals surface area contributed by atoms with Crippen molar-refractivity contribution < 1.29 is 4.74 Å². The molecular formula is C30H49NO. The number of fused-ring (bicyclic) bond motifs is 2. The summed E-state index contributed by atoms with van der Waals surface area (Å²) in [5, 5.41) is 9.46. The van der Waals surface area contributed by atoms with Crippen molar-refractivity contribution in [2.45, 2.75) is 125 Å². The summed E-state index contributed by atoms with van der Waals surface area (Å²) in [7, 11) is 0. The Kier molecular flexibility index (Phi) is 6.42. The SMILES string of the molecule is CC(C)CCCC(C)C1CCC2(C)C3=C(CCC12C)C(C)(CCC#N)C(C1(C)CO1)CC3. The topological polar surface area (TPSA) is 36.3 Å². The Bertz CT molecular complexity index is 785. The Morgan fingerprint density at radius 3 is 2.34 bits per heavy atom. The number of allylic oxidation sites excluding steroid dienone is 2. The minimum atomic E-state index is 0.0491. The molecule has 0 radical (unpaired) electrons. The average Bonchev–Trinajstić information content (AvgIpc) is 3.40. The van der Waals surface area contributed by atoms with Gasteiger partial charge in [-0.05, 0) is 91.8 Å². The Balaban J connectivity index is 1.63. The number of hydrogen-bond acceptors (Lipinski definition) is 2. The lowest BCUT2D eigenvalue weighted by Gasteiger charge is -2.58. The smallest absolute Gasteiger partial charge is 0.0924 e. The molecule has 0 amide bonds. The summed E-state index contributed by atoms with van der Waals surface area (Å²) >= 11 is 0. The molecule has 3 aliphatic carbocycles. The van der Waals surface area contributed by atoms with Crippen LogP contribution in [0, 0.1) is 51.2 Å². The lowest BCUT2D eigenvalue weighted by atomic mass is 9.46. The normalized spacial score (nSPS) is 44.2. The number of rotatable bonds is 8. The van der Waals surface area contributed by atoms with Crippen LogP contribution >= 0.6 is 0 Å². The first-order chi connectivity index (χ1) is 15.0. The number of ether oxygens (including phenoxy) is 1. The highest BCUT2D eigenvalue weighted by molar-refractivity contribution is 5.38. The number of epoxide rings is 1. The van der Waals surface area contributed by atoms with Crippen molar-refractivity contribution in [1.29, 1.82) is 5.26 Å². The third-order valence-corrected chi connectivity index (χ3v) is 11.3.